The van der Waals surface area contributed by atoms with E-state index in [4.69, 9.17) is 34.8 Å². The van der Waals surface area contributed by atoms with E-state index in [0.717, 1.165) is 6.92 Å². The largest absolute Gasteiger partial charge is 0.506 e. The number of rotatable bonds is 3. The van der Waals surface area contributed by atoms with Gasteiger partial charge in [-0.15, -0.1) is 0 Å². The summed E-state index contributed by atoms with van der Waals surface area (Å²) in [5.41, 5.74) is -0.589. The van der Waals surface area contributed by atoms with E-state index in [9.17, 15) is 14.7 Å². The molecular formula is C8H10Cl3NO4. The second kappa shape index (κ2) is 6.18. The molecule has 2 N–H and O–H groups in total. The highest BCUT2D eigenvalue weighted by atomic mass is 35.6. The van der Waals surface area contributed by atoms with Gasteiger partial charge in [0.1, 0.15) is 0 Å². The van der Waals surface area contributed by atoms with Crippen LogP contribution in [-0.4, -0.2) is 27.4 Å². The fraction of sp³-hybridized carbons (Fsp3) is 0.500. The Balaban J connectivity index is 5.22. The van der Waals surface area contributed by atoms with Crippen molar-refractivity contribution in [2.45, 2.75) is 17.6 Å². The second-order valence-corrected chi connectivity index (χ2v) is 4.90. The van der Waals surface area contributed by atoms with Crippen LogP contribution in [0.4, 0.5) is 0 Å². The molecule has 0 aliphatic carbocycles. The lowest BCUT2D eigenvalue weighted by Crippen LogP contribution is -2.30. The molecule has 1 amide bonds. The van der Waals surface area contributed by atoms with Crippen molar-refractivity contribution in [3.05, 3.63) is 11.5 Å². The number of alkyl halides is 3. The smallest absolute Gasteiger partial charge is 0.358 e. The van der Waals surface area contributed by atoms with E-state index in [1.165, 1.54) is 0 Å². The molecule has 0 atom stereocenters. The number of hydrogen-bond acceptors (Lipinski definition) is 4. The van der Waals surface area contributed by atoms with Crippen LogP contribution >= 0.6 is 34.8 Å². The first kappa shape index (κ1) is 15.3. The van der Waals surface area contributed by atoms with Gasteiger partial charge in [-0.05, 0) is 6.92 Å². The van der Waals surface area contributed by atoms with Gasteiger partial charge >= 0.3 is 5.97 Å². The van der Waals surface area contributed by atoms with Crippen LogP contribution in [0.5, 0.6) is 0 Å². The Morgan fingerprint density at radius 2 is 1.88 bits per heavy atom. The zero-order chi connectivity index (χ0) is 12.9. The van der Waals surface area contributed by atoms with E-state index in [1.54, 1.807) is 6.92 Å². The molecule has 92 valence electrons. The minimum absolute atomic E-state index is 0.0507. The molecular weight excluding hydrogens is 280 g/mol. The number of allylic oxidation sites excluding steroid dienone is 1. The number of esters is 1. The number of aliphatic hydroxyl groups excluding tert-OH is 1. The number of ether oxygens (including phenoxy) is 1. The Bertz CT molecular complexity index is 322. The third-order valence-corrected chi connectivity index (χ3v) is 1.82. The lowest BCUT2D eigenvalue weighted by molar-refractivity contribution is -0.140. The highest BCUT2D eigenvalue weighted by molar-refractivity contribution is 6.69. The monoisotopic (exact) mass is 289 g/mol. The van der Waals surface area contributed by atoms with Crippen LogP contribution in [-0.2, 0) is 14.3 Å². The van der Waals surface area contributed by atoms with Crippen LogP contribution in [0.15, 0.2) is 11.5 Å². The van der Waals surface area contributed by atoms with Gasteiger partial charge in [-0.25, -0.2) is 4.79 Å². The fourth-order valence-corrected chi connectivity index (χ4v) is 1.01. The Morgan fingerprint density at radius 3 is 2.19 bits per heavy atom. The molecule has 0 aliphatic heterocycles. The van der Waals surface area contributed by atoms with Crippen molar-refractivity contribution in [3.8, 4) is 0 Å². The molecule has 0 spiro atoms. The van der Waals surface area contributed by atoms with Crippen LogP contribution in [0, 0.1) is 0 Å². The van der Waals surface area contributed by atoms with E-state index in [1.807, 2.05) is 5.32 Å². The number of carbonyl (C=O) groups is 2. The maximum atomic E-state index is 11.3. The second-order valence-electron chi connectivity index (χ2n) is 2.62. The highest BCUT2D eigenvalue weighted by Crippen LogP contribution is 2.34. The summed E-state index contributed by atoms with van der Waals surface area (Å²) in [5.74, 6) is -2.49. The molecule has 16 heavy (non-hydrogen) atoms. The normalized spacial score (nSPS) is 12.8. The number of halogens is 3. The molecule has 0 aromatic carbocycles. The van der Waals surface area contributed by atoms with E-state index in [2.05, 4.69) is 4.74 Å². The first-order valence-corrected chi connectivity index (χ1v) is 5.28. The minimum atomic E-state index is -2.22. The third-order valence-electron chi connectivity index (χ3n) is 1.29. The average Bonchev–Trinajstić information content (AvgIpc) is 2.11. The number of carbonyl (C=O) groups excluding carboxylic acids is 2. The summed E-state index contributed by atoms with van der Waals surface area (Å²) in [7, 11) is 0. The molecule has 0 radical (unpaired) electrons. The first-order chi connectivity index (χ1) is 7.20. The molecule has 0 saturated carbocycles. The van der Waals surface area contributed by atoms with Gasteiger partial charge in [0.05, 0.1) is 6.61 Å². The topological polar surface area (TPSA) is 75.6 Å². The van der Waals surface area contributed by atoms with Crippen LogP contribution in [0.2, 0.25) is 0 Å². The van der Waals surface area contributed by atoms with Crippen LogP contribution < -0.4 is 5.32 Å². The van der Waals surface area contributed by atoms with Crippen molar-refractivity contribution >= 4 is 46.7 Å². The predicted octanol–water partition coefficient (Wildman–Crippen LogP) is 1.83. The molecule has 0 bridgehead atoms. The van der Waals surface area contributed by atoms with Crippen molar-refractivity contribution in [2.75, 3.05) is 6.61 Å². The molecule has 0 aliphatic rings. The molecule has 0 aromatic rings. The maximum Gasteiger partial charge on any atom is 0.358 e. The molecule has 0 heterocycles. The Labute approximate surface area is 107 Å². The minimum Gasteiger partial charge on any atom is -0.506 e. The van der Waals surface area contributed by atoms with E-state index >= 15 is 0 Å². The number of nitrogens with one attached hydrogen (secondary N) is 1. The quantitative estimate of drug-likeness (QED) is 0.360. The van der Waals surface area contributed by atoms with E-state index in [0.29, 0.717) is 0 Å². The summed E-state index contributed by atoms with van der Waals surface area (Å²) in [6.45, 7) is 2.73. The summed E-state index contributed by atoms with van der Waals surface area (Å²) in [6, 6.07) is 0. The lowest BCUT2D eigenvalue weighted by atomic mass is 10.3. The molecule has 8 heteroatoms. The standard InChI is InChI=1S/C8H10Cl3NO4/c1-3-16-7(15)5(12-4(2)13)6(14)8(9,10)11/h14H,3H2,1-2H3,(H,12,13)/b6-5+. The summed E-state index contributed by atoms with van der Waals surface area (Å²) < 4.78 is 2.36. The molecule has 0 rings (SSSR count). The zero-order valence-electron chi connectivity index (χ0n) is 8.51. The van der Waals surface area contributed by atoms with Crippen LogP contribution in [0.25, 0.3) is 0 Å². The number of hydrogen-bond donors (Lipinski definition) is 2. The van der Waals surface area contributed by atoms with Crippen LogP contribution in [0.1, 0.15) is 13.8 Å². The predicted molar refractivity (Wildman–Crippen MR) is 60.4 cm³/mol. The molecule has 0 saturated heterocycles. The molecule has 0 unspecified atom stereocenters. The van der Waals surface area contributed by atoms with Gasteiger partial charge in [-0.3, -0.25) is 4.79 Å². The Hall–Kier alpha value is -0.650. The van der Waals surface area contributed by atoms with Gasteiger partial charge < -0.3 is 15.2 Å². The summed E-state index contributed by atoms with van der Waals surface area (Å²) in [6.07, 6.45) is 0. The van der Waals surface area contributed by atoms with Crippen molar-refractivity contribution < 1.29 is 19.4 Å². The van der Waals surface area contributed by atoms with Crippen molar-refractivity contribution in [1.82, 2.24) is 5.32 Å². The van der Waals surface area contributed by atoms with Gasteiger partial charge in [0.2, 0.25) is 9.70 Å². The third kappa shape index (κ3) is 4.92. The fourth-order valence-electron chi connectivity index (χ4n) is 0.728. The number of aliphatic hydroxyl groups is 1. The summed E-state index contributed by atoms with van der Waals surface area (Å²) >= 11 is 16.1. The molecule has 0 fully saturated rings. The van der Waals surface area contributed by atoms with Gasteiger partial charge in [0.15, 0.2) is 11.5 Å². The maximum absolute atomic E-state index is 11.3. The van der Waals surface area contributed by atoms with Gasteiger partial charge in [-0.2, -0.15) is 0 Å². The molecule has 5 nitrogen and oxygen atoms in total. The summed E-state index contributed by atoms with van der Waals surface area (Å²) in [4.78, 5) is 22.1. The average molecular weight is 291 g/mol. The van der Waals surface area contributed by atoms with Crippen LogP contribution in [0.3, 0.4) is 0 Å². The Kier molecular flexibility index (Phi) is 5.92. The van der Waals surface area contributed by atoms with Gasteiger partial charge in [-0.1, -0.05) is 34.8 Å². The number of amides is 1. The lowest BCUT2D eigenvalue weighted by Gasteiger charge is -2.15. The Morgan fingerprint density at radius 1 is 1.38 bits per heavy atom. The van der Waals surface area contributed by atoms with Crippen molar-refractivity contribution in [1.29, 1.82) is 0 Å². The SMILES string of the molecule is CCOC(=O)/C(NC(C)=O)=C(\O)C(Cl)(Cl)Cl. The summed E-state index contributed by atoms with van der Waals surface area (Å²) in [5, 5.41) is 11.5. The van der Waals surface area contributed by atoms with Gasteiger partial charge in [0.25, 0.3) is 0 Å². The van der Waals surface area contributed by atoms with E-state index in [-0.39, 0.29) is 6.61 Å². The van der Waals surface area contributed by atoms with E-state index < -0.39 is 27.1 Å². The molecule has 0 aromatic heterocycles. The van der Waals surface area contributed by atoms with Gasteiger partial charge in [0, 0.05) is 6.92 Å². The zero-order valence-corrected chi connectivity index (χ0v) is 10.8. The highest BCUT2D eigenvalue weighted by Gasteiger charge is 2.33. The first-order valence-electron chi connectivity index (χ1n) is 4.15. The van der Waals surface area contributed by atoms with Crippen molar-refractivity contribution in [2.24, 2.45) is 0 Å². The van der Waals surface area contributed by atoms with Crippen molar-refractivity contribution in [3.63, 3.8) is 0 Å².